The number of hydrogen-bond donors (Lipinski definition) is 2. The molecule has 0 atom stereocenters. The summed E-state index contributed by atoms with van der Waals surface area (Å²) < 4.78 is 0. The van der Waals surface area contributed by atoms with Crippen molar-refractivity contribution < 1.29 is 0 Å². The Labute approximate surface area is 193 Å². The van der Waals surface area contributed by atoms with Crippen LogP contribution in [0.1, 0.15) is 44.1 Å². The maximum atomic E-state index is 4.45. The van der Waals surface area contributed by atoms with Gasteiger partial charge in [0.1, 0.15) is 0 Å². The fourth-order valence-corrected chi connectivity index (χ4v) is 4.80. The average molecular weight is 509 g/mol. The highest BCUT2D eigenvalue weighted by Gasteiger charge is 2.27. The van der Waals surface area contributed by atoms with Gasteiger partial charge in [0.25, 0.3) is 0 Å². The fourth-order valence-electron chi connectivity index (χ4n) is 4.80. The zero-order valence-electron chi connectivity index (χ0n) is 17.6. The minimum absolute atomic E-state index is 0. The molecular weight excluding hydrogens is 473 g/mol. The average Bonchev–Trinajstić information content (AvgIpc) is 3.46. The standard InChI is InChI=1S/C23H35N5.HI/c1-24-23(26-20-11-15-28(16-12-20)21-8-2-3-9-21)25-18-19-7-6-10-22(17-19)27-13-4-5-14-27;/h4-7,10,17,20-21H,2-3,8-9,11-16,18H2,1H3,(H2,24,25,26);1H. The van der Waals surface area contributed by atoms with Crippen LogP contribution in [0.25, 0.3) is 0 Å². The molecule has 0 aromatic heterocycles. The highest BCUT2D eigenvalue weighted by molar-refractivity contribution is 14.0. The van der Waals surface area contributed by atoms with Gasteiger partial charge < -0.3 is 20.4 Å². The van der Waals surface area contributed by atoms with Crippen LogP contribution in [0.15, 0.2) is 41.4 Å². The van der Waals surface area contributed by atoms with E-state index in [4.69, 9.17) is 0 Å². The van der Waals surface area contributed by atoms with Crippen molar-refractivity contribution in [2.75, 3.05) is 38.1 Å². The molecule has 160 valence electrons. The summed E-state index contributed by atoms with van der Waals surface area (Å²) in [5.41, 5.74) is 2.59. The van der Waals surface area contributed by atoms with Crippen LogP contribution in [0.3, 0.4) is 0 Å². The molecule has 4 rings (SSSR count). The van der Waals surface area contributed by atoms with Gasteiger partial charge in [0.05, 0.1) is 0 Å². The van der Waals surface area contributed by atoms with E-state index in [9.17, 15) is 0 Å². The van der Waals surface area contributed by atoms with Crippen molar-refractivity contribution in [1.29, 1.82) is 0 Å². The topological polar surface area (TPSA) is 42.9 Å². The number of nitrogens with zero attached hydrogens (tertiary/aromatic N) is 3. The first kappa shape index (κ1) is 22.4. The van der Waals surface area contributed by atoms with Gasteiger partial charge in [-0.1, -0.05) is 37.1 Å². The Bertz CT molecular complexity index is 682. The maximum absolute atomic E-state index is 4.45. The number of guanidine groups is 1. The first-order valence-electron chi connectivity index (χ1n) is 11.0. The second-order valence-corrected chi connectivity index (χ2v) is 8.36. The third kappa shape index (κ3) is 6.10. The van der Waals surface area contributed by atoms with Crippen molar-refractivity contribution in [3.8, 4) is 0 Å². The van der Waals surface area contributed by atoms with Gasteiger partial charge in [-0.2, -0.15) is 0 Å². The highest BCUT2D eigenvalue weighted by Crippen LogP contribution is 2.26. The third-order valence-electron chi connectivity index (χ3n) is 6.49. The van der Waals surface area contributed by atoms with Gasteiger partial charge >= 0.3 is 0 Å². The SMILES string of the molecule is CN=C(NCc1cccc(N2CC=CC2)c1)NC1CCN(C2CCCC2)CC1.I. The van der Waals surface area contributed by atoms with Crippen LogP contribution in [0.2, 0.25) is 0 Å². The number of anilines is 1. The van der Waals surface area contributed by atoms with Crippen molar-refractivity contribution in [3.05, 3.63) is 42.0 Å². The van der Waals surface area contributed by atoms with E-state index in [1.165, 1.54) is 62.9 Å². The molecule has 6 heteroatoms. The number of hydrogen-bond acceptors (Lipinski definition) is 3. The Hall–Kier alpha value is -1.28. The molecule has 2 aliphatic heterocycles. The lowest BCUT2D eigenvalue weighted by Gasteiger charge is -2.36. The third-order valence-corrected chi connectivity index (χ3v) is 6.49. The molecule has 1 saturated heterocycles. The molecule has 0 amide bonds. The second kappa shape index (κ2) is 11.2. The lowest BCUT2D eigenvalue weighted by molar-refractivity contribution is 0.150. The number of piperidine rings is 1. The van der Waals surface area contributed by atoms with Crippen molar-refractivity contribution in [2.45, 2.75) is 57.2 Å². The molecule has 3 aliphatic rings. The van der Waals surface area contributed by atoms with Crippen molar-refractivity contribution in [3.63, 3.8) is 0 Å². The van der Waals surface area contributed by atoms with Crippen LogP contribution in [-0.4, -0.2) is 56.2 Å². The molecule has 0 radical (unpaired) electrons. The maximum Gasteiger partial charge on any atom is 0.191 e. The Morgan fingerprint density at radius 3 is 2.48 bits per heavy atom. The molecule has 2 heterocycles. The number of aliphatic imine (C=N–C) groups is 1. The summed E-state index contributed by atoms with van der Waals surface area (Å²) in [6.07, 6.45) is 12.6. The molecular formula is C23H36IN5. The van der Waals surface area contributed by atoms with E-state index < -0.39 is 0 Å². The summed E-state index contributed by atoms with van der Waals surface area (Å²) in [6, 6.07) is 10.2. The van der Waals surface area contributed by atoms with Crippen LogP contribution in [0, 0.1) is 0 Å². The minimum atomic E-state index is 0. The van der Waals surface area contributed by atoms with Crippen LogP contribution in [0.4, 0.5) is 5.69 Å². The number of rotatable bonds is 5. The van der Waals surface area contributed by atoms with Crippen LogP contribution >= 0.6 is 24.0 Å². The molecule has 2 fully saturated rings. The molecule has 0 spiro atoms. The van der Waals surface area contributed by atoms with Gasteiger partial charge in [-0.25, -0.2) is 0 Å². The molecule has 1 saturated carbocycles. The van der Waals surface area contributed by atoms with E-state index in [1.807, 2.05) is 7.05 Å². The molecule has 29 heavy (non-hydrogen) atoms. The normalized spacial score (nSPS) is 21.4. The quantitative estimate of drug-likeness (QED) is 0.275. The Morgan fingerprint density at radius 2 is 1.79 bits per heavy atom. The van der Waals surface area contributed by atoms with E-state index in [0.29, 0.717) is 6.04 Å². The van der Waals surface area contributed by atoms with Gasteiger partial charge in [-0.05, 0) is 43.4 Å². The van der Waals surface area contributed by atoms with E-state index in [2.05, 4.69) is 61.8 Å². The van der Waals surface area contributed by atoms with Crippen LogP contribution < -0.4 is 15.5 Å². The highest BCUT2D eigenvalue weighted by atomic mass is 127. The van der Waals surface area contributed by atoms with Gasteiger partial charge in [-0.3, -0.25) is 4.99 Å². The first-order valence-corrected chi connectivity index (χ1v) is 11.0. The summed E-state index contributed by atoms with van der Waals surface area (Å²) in [6.45, 7) is 5.28. The van der Waals surface area contributed by atoms with E-state index in [-0.39, 0.29) is 24.0 Å². The summed E-state index contributed by atoms with van der Waals surface area (Å²) in [5, 5.41) is 7.16. The molecule has 0 unspecified atom stereocenters. The largest absolute Gasteiger partial charge is 0.364 e. The predicted molar refractivity (Wildman–Crippen MR) is 133 cm³/mol. The van der Waals surface area contributed by atoms with Gasteiger partial charge in [0.2, 0.25) is 0 Å². The number of halogens is 1. The smallest absolute Gasteiger partial charge is 0.191 e. The molecule has 0 bridgehead atoms. The van der Waals surface area contributed by atoms with E-state index in [0.717, 1.165) is 31.6 Å². The summed E-state index contributed by atoms with van der Waals surface area (Å²) >= 11 is 0. The molecule has 1 aliphatic carbocycles. The number of benzene rings is 1. The van der Waals surface area contributed by atoms with E-state index >= 15 is 0 Å². The molecule has 2 N–H and O–H groups in total. The van der Waals surface area contributed by atoms with E-state index in [1.54, 1.807) is 0 Å². The number of nitrogens with one attached hydrogen (secondary N) is 2. The van der Waals surface area contributed by atoms with Crippen molar-refractivity contribution >= 4 is 35.6 Å². The van der Waals surface area contributed by atoms with Crippen molar-refractivity contribution in [1.82, 2.24) is 15.5 Å². The lowest BCUT2D eigenvalue weighted by Crippen LogP contribution is -2.50. The lowest BCUT2D eigenvalue weighted by atomic mass is 10.0. The fraction of sp³-hybridized carbons (Fsp3) is 0.609. The van der Waals surface area contributed by atoms with Gasteiger partial charge in [-0.15, -0.1) is 24.0 Å². The zero-order chi connectivity index (χ0) is 19.2. The van der Waals surface area contributed by atoms with Gasteiger partial charge in [0, 0.05) is 57.5 Å². The first-order chi connectivity index (χ1) is 13.8. The molecule has 1 aromatic carbocycles. The summed E-state index contributed by atoms with van der Waals surface area (Å²) in [4.78, 5) is 9.56. The molecule has 5 nitrogen and oxygen atoms in total. The predicted octanol–water partition coefficient (Wildman–Crippen LogP) is 3.75. The molecule has 1 aromatic rings. The zero-order valence-corrected chi connectivity index (χ0v) is 20.0. The minimum Gasteiger partial charge on any atom is -0.364 e. The Kier molecular flexibility index (Phi) is 8.66. The summed E-state index contributed by atoms with van der Waals surface area (Å²) in [5.74, 6) is 0.924. The Morgan fingerprint density at radius 1 is 1.07 bits per heavy atom. The Balaban J connectivity index is 0.00000240. The van der Waals surface area contributed by atoms with Crippen LogP contribution in [0.5, 0.6) is 0 Å². The summed E-state index contributed by atoms with van der Waals surface area (Å²) in [7, 11) is 1.87. The number of likely N-dealkylation sites (tertiary alicyclic amines) is 1. The monoisotopic (exact) mass is 509 g/mol. The van der Waals surface area contributed by atoms with Gasteiger partial charge in [0.15, 0.2) is 5.96 Å². The van der Waals surface area contributed by atoms with Crippen molar-refractivity contribution in [2.24, 2.45) is 4.99 Å². The second-order valence-electron chi connectivity index (χ2n) is 8.36. The van der Waals surface area contributed by atoms with Crippen LogP contribution in [-0.2, 0) is 6.54 Å².